The molecule has 13 heteroatoms. The summed E-state index contributed by atoms with van der Waals surface area (Å²) in [5, 5.41) is 19.1. The summed E-state index contributed by atoms with van der Waals surface area (Å²) in [4.78, 5) is 10.6. The maximum atomic E-state index is 13.0. The molecule has 0 saturated carbocycles. The standard InChI is InChI=1S/C13H16N6O5S2/c1-9-15-16-13(18(9)14)25-11-3-2-10(19(20)21)8-12(11)26(22,23)17-4-6-24-7-5-17/h2-3,8H,4-7,14H2,1H3. The fourth-order valence-electron chi connectivity index (χ4n) is 2.34. The topological polar surface area (TPSA) is 146 Å². The number of morpholine rings is 1. The quantitative estimate of drug-likeness (QED) is 0.427. The highest BCUT2D eigenvalue weighted by molar-refractivity contribution is 8.00. The molecule has 2 N–H and O–H groups in total. The molecule has 0 spiro atoms. The summed E-state index contributed by atoms with van der Waals surface area (Å²) in [7, 11) is -3.95. The third-order valence-corrected chi connectivity index (χ3v) is 6.87. The average molecular weight is 400 g/mol. The molecule has 140 valence electrons. The Bertz CT molecular complexity index is 938. The van der Waals surface area contributed by atoms with Gasteiger partial charge in [-0.3, -0.25) is 10.1 Å². The Labute approximate surface area is 153 Å². The molecule has 1 aliphatic rings. The minimum Gasteiger partial charge on any atom is -0.379 e. The molecule has 1 saturated heterocycles. The Hall–Kier alpha value is -2.22. The van der Waals surface area contributed by atoms with Gasteiger partial charge >= 0.3 is 0 Å². The summed E-state index contributed by atoms with van der Waals surface area (Å²) in [5.41, 5.74) is -0.313. The van der Waals surface area contributed by atoms with E-state index in [0.29, 0.717) is 5.82 Å². The van der Waals surface area contributed by atoms with E-state index in [4.69, 9.17) is 10.6 Å². The van der Waals surface area contributed by atoms with E-state index in [-0.39, 0.29) is 46.9 Å². The van der Waals surface area contributed by atoms with Gasteiger partial charge in [0.1, 0.15) is 10.7 Å². The minimum absolute atomic E-state index is 0.167. The van der Waals surface area contributed by atoms with Crippen molar-refractivity contribution >= 4 is 27.5 Å². The first-order chi connectivity index (χ1) is 12.3. The molecule has 0 radical (unpaired) electrons. The lowest BCUT2D eigenvalue weighted by molar-refractivity contribution is -0.385. The number of aryl methyl sites for hydroxylation is 1. The highest BCUT2D eigenvalue weighted by atomic mass is 32.2. The number of hydrogen-bond donors (Lipinski definition) is 1. The van der Waals surface area contributed by atoms with E-state index in [9.17, 15) is 18.5 Å². The molecule has 1 aromatic heterocycles. The van der Waals surface area contributed by atoms with Crippen molar-refractivity contribution in [2.24, 2.45) is 0 Å². The molecule has 1 aromatic carbocycles. The smallest absolute Gasteiger partial charge is 0.270 e. The zero-order valence-corrected chi connectivity index (χ0v) is 15.4. The molecule has 0 aliphatic carbocycles. The Morgan fingerprint density at radius 3 is 2.58 bits per heavy atom. The van der Waals surface area contributed by atoms with Gasteiger partial charge in [-0.05, 0) is 24.8 Å². The SMILES string of the molecule is Cc1nnc(Sc2ccc([N+](=O)[O-])cc2S(=O)(=O)N2CCOCC2)n1N. The highest BCUT2D eigenvalue weighted by Gasteiger charge is 2.31. The van der Waals surface area contributed by atoms with Crippen LogP contribution < -0.4 is 5.84 Å². The molecule has 2 aromatic rings. The zero-order chi connectivity index (χ0) is 18.9. The maximum absolute atomic E-state index is 13.0. The monoisotopic (exact) mass is 400 g/mol. The van der Waals surface area contributed by atoms with Crippen LogP contribution in [0.3, 0.4) is 0 Å². The Kier molecular flexibility index (Phi) is 5.13. The number of hydrogen-bond acceptors (Lipinski definition) is 9. The van der Waals surface area contributed by atoms with Gasteiger partial charge in [-0.2, -0.15) is 4.31 Å². The number of sulfonamides is 1. The molecule has 1 aliphatic heterocycles. The number of nitrogens with zero attached hydrogens (tertiary/aromatic N) is 5. The number of rotatable bonds is 5. The van der Waals surface area contributed by atoms with Crippen LogP contribution in [-0.2, 0) is 14.8 Å². The Morgan fingerprint density at radius 1 is 1.31 bits per heavy atom. The van der Waals surface area contributed by atoms with Gasteiger partial charge in [-0.1, -0.05) is 0 Å². The van der Waals surface area contributed by atoms with Crippen LogP contribution in [0.25, 0.3) is 0 Å². The minimum atomic E-state index is -3.95. The number of nitrogens with two attached hydrogens (primary N) is 1. The summed E-state index contributed by atoms with van der Waals surface area (Å²) in [6.45, 7) is 2.56. The normalized spacial score (nSPS) is 15.9. The number of non-ortho nitro benzene ring substituents is 1. The Morgan fingerprint density at radius 2 is 2.00 bits per heavy atom. The number of nitrogen functional groups attached to an aromatic ring is 1. The van der Waals surface area contributed by atoms with Crippen LogP contribution in [0, 0.1) is 17.0 Å². The maximum Gasteiger partial charge on any atom is 0.270 e. The van der Waals surface area contributed by atoms with Crippen molar-refractivity contribution < 1.29 is 18.1 Å². The summed E-state index contributed by atoms with van der Waals surface area (Å²) < 4.78 is 33.7. The molecule has 2 heterocycles. The van der Waals surface area contributed by atoms with Crippen LogP contribution in [0.15, 0.2) is 33.1 Å². The van der Waals surface area contributed by atoms with Crippen molar-refractivity contribution in [1.82, 2.24) is 19.2 Å². The number of ether oxygens (including phenoxy) is 1. The number of nitro groups is 1. The fraction of sp³-hybridized carbons (Fsp3) is 0.385. The van der Waals surface area contributed by atoms with Crippen LogP contribution in [-0.4, -0.2) is 58.8 Å². The van der Waals surface area contributed by atoms with Crippen LogP contribution in [0.5, 0.6) is 0 Å². The van der Waals surface area contributed by atoms with Gasteiger partial charge in [0.25, 0.3) is 5.69 Å². The number of benzene rings is 1. The third kappa shape index (κ3) is 3.51. The molecule has 1 fully saturated rings. The highest BCUT2D eigenvalue weighted by Crippen LogP contribution is 2.35. The van der Waals surface area contributed by atoms with Gasteiger partial charge in [0.2, 0.25) is 15.2 Å². The second kappa shape index (κ2) is 7.19. The van der Waals surface area contributed by atoms with Crippen LogP contribution in [0.2, 0.25) is 0 Å². The van der Waals surface area contributed by atoms with Gasteiger partial charge in [0.15, 0.2) is 0 Å². The summed E-state index contributed by atoms with van der Waals surface area (Å²) in [6.07, 6.45) is 0. The first kappa shape index (κ1) is 18.6. The van der Waals surface area contributed by atoms with E-state index in [1.807, 2.05) is 0 Å². The van der Waals surface area contributed by atoms with E-state index in [1.165, 1.54) is 21.1 Å². The number of nitro benzene ring substituents is 1. The lowest BCUT2D eigenvalue weighted by Gasteiger charge is -2.26. The first-order valence-corrected chi connectivity index (χ1v) is 9.77. The first-order valence-electron chi connectivity index (χ1n) is 7.52. The molecule has 3 rings (SSSR count). The Balaban J connectivity index is 2.06. The number of aromatic nitrogens is 3. The molecule has 0 bridgehead atoms. The van der Waals surface area contributed by atoms with E-state index >= 15 is 0 Å². The molecule has 26 heavy (non-hydrogen) atoms. The second-order valence-corrected chi connectivity index (χ2v) is 8.32. The lowest BCUT2D eigenvalue weighted by Crippen LogP contribution is -2.40. The predicted octanol–water partition coefficient (Wildman–Crippen LogP) is 0.381. The lowest BCUT2D eigenvalue weighted by atomic mass is 10.3. The molecule has 0 atom stereocenters. The van der Waals surface area contributed by atoms with Crippen molar-refractivity contribution in [3.8, 4) is 0 Å². The molecular weight excluding hydrogens is 384 g/mol. The van der Waals surface area contributed by atoms with E-state index in [1.54, 1.807) is 6.92 Å². The average Bonchev–Trinajstić information content (AvgIpc) is 2.94. The van der Waals surface area contributed by atoms with Crippen LogP contribution in [0.4, 0.5) is 5.69 Å². The molecule has 11 nitrogen and oxygen atoms in total. The van der Waals surface area contributed by atoms with Crippen molar-refractivity contribution in [1.29, 1.82) is 0 Å². The fourth-order valence-corrected chi connectivity index (χ4v) is 5.09. The molecule has 0 amide bonds. The van der Waals surface area contributed by atoms with E-state index in [2.05, 4.69) is 10.2 Å². The second-order valence-electron chi connectivity index (χ2n) is 5.41. The largest absolute Gasteiger partial charge is 0.379 e. The summed E-state index contributed by atoms with van der Waals surface area (Å²) in [5.74, 6) is 6.27. The summed E-state index contributed by atoms with van der Waals surface area (Å²) in [6, 6.07) is 3.67. The zero-order valence-electron chi connectivity index (χ0n) is 13.7. The van der Waals surface area contributed by atoms with Gasteiger partial charge in [-0.25, -0.2) is 13.1 Å². The van der Waals surface area contributed by atoms with E-state index < -0.39 is 14.9 Å². The van der Waals surface area contributed by atoms with Crippen molar-refractivity contribution in [3.63, 3.8) is 0 Å². The van der Waals surface area contributed by atoms with Crippen molar-refractivity contribution in [3.05, 3.63) is 34.1 Å². The molecule has 0 unspecified atom stereocenters. The van der Waals surface area contributed by atoms with Gasteiger partial charge in [0, 0.05) is 30.1 Å². The van der Waals surface area contributed by atoms with Gasteiger partial charge in [-0.15, -0.1) is 10.2 Å². The van der Waals surface area contributed by atoms with Crippen molar-refractivity contribution in [2.75, 3.05) is 32.1 Å². The van der Waals surface area contributed by atoms with Crippen LogP contribution in [0.1, 0.15) is 5.82 Å². The van der Waals surface area contributed by atoms with Crippen molar-refractivity contribution in [2.45, 2.75) is 21.9 Å². The van der Waals surface area contributed by atoms with Crippen LogP contribution >= 0.6 is 11.8 Å². The van der Waals surface area contributed by atoms with Gasteiger partial charge in [0.05, 0.1) is 18.1 Å². The molecular formula is C13H16N6O5S2. The summed E-state index contributed by atoms with van der Waals surface area (Å²) >= 11 is 0.978. The van der Waals surface area contributed by atoms with E-state index in [0.717, 1.165) is 17.8 Å². The predicted molar refractivity (Wildman–Crippen MR) is 91.7 cm³/mol. The van der Waals surface area contributed by atoms with Gasteiger partial charge < -0.3 is 10.6 Å². The third-order valence-electron chi connectivity index (χ3n) is 3.76.